The predicted octanol–water partition coefficient (Wildman–Crippen LogP) is 1.92. The molecule has 8 nitrogen and oxygen atoms in total. The zero-order valence-electron chi connectivity index (χ0n) is 15.0. The average molecular weight is 425 g/mol. The van der Waals surface area contributed by atoms with Crippen LogP contribution in [0, 0.1) is 5.41 Å². The Hall–Kier alpha value is -1.98. The number of hydrogen-bond acceptors (Lipinski definition) is 6. The van der Waals surface area contributed by atoms with E-state index in [1.807, 2.05) is 31.2 Å². The number of rotatable bonds is 4. The second kappa shape index (κ2) is 6.26. The van der Waals surface area contributed by atoms with E-state index in [9.17, 15) is 16.8 Å². The van der Waals surface area contributed by atoms with Crippen molar-refractivity contribution in [3.8, 4) is 5.75 Å². The highest BCUT2D eigenvalue weighted by Crippen LogP contribution is 2.56. The Labute approximate surface area is 163 Å². The highest BCUT2D eigenvalue weighted by Gasteiger charge is 2.49. The summed E-state index contributed by atoms with van der Waals surface area (Å²) in [7, 11) is -8.13. The zero-order chi connectivity index (χ0) is 20.3. The molecule has 1 fully saturated rings. The van der Waals surface area contributed by atoms with Gasteiger partial charge in [0.25, 0.3) is 0 Å². The third-order valence-corrected chi connectivity index (χ3v) is 6.60. The minimum atomic E-state index is -4.09. The van der Waals surface area contributed by atoms with E-state index in [0.29, 0.717) is 6.42 Å². The third kappa shape index (κ3) is 3.42. The Morgan fingerprint density at radius 2 is 1.79 bits per heavy atom. The lowest BCUT2D eigenvalue weighted by Crippen LogP contribution is -2.36. The molecular weight excluding hydrogens is 404 g/mol. The monoisotopic (exact) mass is 424 g/mol. The Morgan fingerprint density at radius 1 is 1.04 bits per heavy atom. The highest BCUT2D eigenvalue weighted by molar-refractivity contribution is 7.84. The van der Waals surface area contributed by atoms with Crippen molar-refractivity contribution >= 4 is 37.5 Å². The average Bonchev–Trinajstić information content (AvgIpc) is 2.88. The largest absolute Gasteiger partial charge is 0.380 e. The second-order valence-corrected chi connectivity index (χ2v) is 9.76. The molecule has 0 amide bonds. The first-order valence-corrected chi connectivity index (χ1v) is 11.6. The minimum Gasteiger partial charge on any atom is -0.371 e. The van der Waals surface area contributed by atoms with Crippen LogP contribution < -0.4 is 14.5 Å². The molecule has 0 unspecified atom stereocenters. The van der Waals surface area contributed by atoms with E-state index in [2.05, 4.69) is 0 Å². The fourth-order valence-corrected chi connectivity index (χ4v) is 5.48. The molecule has 0 aliphatic heterocycles. The summed E-state index contributed by atoms with van der Waals surface area (Å²) in [6.07, 6.45) is 4.78. The van der Waals surface area contributed by atoms with Crippen LogP contribution in [-0.2, 0) is 24.8 Å². The van der Waals surface area contributed by atoms with Gasteiger partial charge in [-0.1, -0.05) is 37.3 Å². The van der Waals surface area contributed by atoms with Crippen LogP contribution in [0.3, 0.4) is 0 Å². The van der Waals surface area contributed by atoms with Gasteiger partial charge in [0.15, 0.2) is 0 Å². The summed E-state index contributed by atoms with van der Waals surface area (Å²) in [4.78, 5) is 0. The Balaban J connectivity index is 1.76. The van der Waals surface area contributed by atoms with Crippen LogP contribution in [0.2, 0.25) is 0 Å². The molecule has 10 heteroatoms. The maximum atomic E-state index is 11.4. The molecule has 0 heterocycles. The van der Waals surface area contributed by atoms with Gasteiger partial charge in [-0.2, -0.15) is 22.0 Å². The molecule has 0 spiro atoms. The van der Waals surface area contributed by atoms with Gasteiger partial charge in [-0.15, -0.1) is 0 Å². The fourth-order valence-electron chi connectivity index (χ4n) is 4.48. The van der Waals surface area contributed by atoms with Crippen LogP contribution in [0.5, 0.6) is 5.75 Å². The fraction of sp³-hybridized carbons (Fsp3) is 0.333. The molecule has 0 aromatic heterocycles. The van der Waals surface area contributed by atoms with E-state index in [1.165, 1.54) is 0 Å². The van der Waals surface area contributed by atoms with E-state index < -0.39 is 32.1 Å². The lowest BCUT2D eigenvalue weighted by Gasteiger charge is -2.37. The molecule has 1 saturated carbocycles. The molecule has 3 atom stereocenters. The predicted molar refractivity (Wildman–Crippen MR) is 105 cm³/mol. The van der Waals surface area contributed by atoms with E-state index in [-0.39, 0.29) is 11.7 Å². The number of benzene rings is 2. The summed E-state index contributed by atoms with van der Waals surface area (Å²) in [5, 5.41) is 11.8. The van der Waals surface area contributed by atoms with Gasteiger partial charge in [-0.05, 0) is 52.8 Å². The maximum Gasteiger partial charge on any atom is 0.380 e. The Morgan fingerprint density at radius 3 is 2.46 bits per heavy atom. The van der Waals surface area contributed by atoms with Gasteiger partial charge in [-0.25, -0.2) is 5.14 Å². The van der Waals surface area contributed by atoms with Gasteiger partial charge >= 0.3 is 20.6 Å². The normalized spacial score (nSPS) is 26.8. The molecule has 0 bridgehead atoms. The third-order valence-electron chi connectivity index (χ3n) is 5.68. The van der Waals surface area contributed by atoms with Crippen LogP contribution >= 0.6 is 0 Å². The molecule has 4 rings (SSSR count). The van der Waals surface area contributed by atoms with Gasteiger partial charge in [0.2, 0.25) is 0 Å². The van der Waals surface area contributed by atoms with Crippen LogP contribution in [0.15, 0.2) is 36.4 Å². The van der Waals surface area contributed by atoms with Crippen molar-refractivity contribution in [1.29, 1.82) is 0 Å². The molecule has 0 saturated heterocycles. The molecule has 2 aromatic rings. The van der Waals surface area contributed by atoms with Crippen molar-refractivity contribution in [3.63, 3.8) is 0 Å². The van der Waals surface area contributed by atoms with Crippen LogP contribution in [0.1, 0.15) is 36.8 Å². The van der Waals surface area contributed by atoms with E-state index in [4.69, 9.17) is 18.6 Å². The van der Waals surface area contributed by atoms with Crippen molar-refractivity contribution in [2.45, 2.75) is 31.8 Å². The molecule has 4 N–H and O–H groups in total. The van der Waals surface area contributed by atoms with Crippen LogP contribution in [-0.4, -0.2) is 22.9 Å². The first-order valence-electron chi connectivity index (χ1n) is 8.65. The first kappa shape index (κ1) is 19.3. The van der Waals surface area contributed by atoms with Gasteiger partial charge in [0, 0.05) is 5.41 Å². The molecule has 28 heavy (non-hydrogen) atoms. The Bertz CT molecular complexity index is 1210. The minimum absolute atomic E-state index is 0.0870. The molecule has 2 aliphatic rings. The summed E-state index contributed by atoms with van der Waals surface area (Å²) in [5.74, 6) is 0.228. The van der Waals surface area contributed by atoms with Crippen molar-refractivity contribution in [3.05, 3.63) is 47.5 Å². The highest BCUT2D eigenvalue weighted by atomic mass is 32.2. The van der Waals surface area contributed by atoms with E-state index in [1.54, 1.807) is 18.2 Å². The van der Waals surface area contributed by atoms with Crippen molar-refractivity contribution in [1.82, 2.24) is 0 Å². The Kier molecular flexibility index (Phi) is 4.32. The molecule has 0 radical (unpaired) electrons. The standard InChI is InChI=1S/C18H20N2O6S2/c1-18-9-8-14-13-5-3-12(25-27(19,21)22)10-11(13)2-4-15(14)16(18)6-7-17(18)26-28(20,23)24/h2-5,8-10,16-17H,6-7H2,1H3,(H2,19,21,22)(H2,20,23,24)/t16-,17+,18+/m1/s1. The summed E-state index contributed by atoms with van der Waals surface area (Å²) in [6, 6.07) is 8.82. The van der Waals surface area contributed by atoms with E-state index >= 15 is 0 Å². The lowest BCUT2D eigenvalue weighted by molar-refractivity contribution is 0.121. The van der Waals surface area contributed by atoms with Crippen molar-refractivity contribution in [2.24, 2.45) is 15.7 Å². The first-order chi connectivity index (χ1) is 13.0. The number of hydrogen-bond donors (Lipinski definition) is 2. The lowest BCUT2D eigenvalue weighted by atomic mass is 9.69. The maximum absolute atomic E-state index is 11.4. The molecule has 2 aromatic carbocycles. The second-order valence-electron chi connectivity index (χ2n) is 7.43. The van der Waals surface area contributed by atoms with Crippen LogP contribution in [0.4, 0.5) is 0 Å². The van der Waals surface area contributed by atoms with Gasteiger partial charge in [-0.3, -0.25) is 4.18 Å². The summed E-state index contributed by atoms with van der Waals surface area (Å²) < 4.78 is 55.0. The summed E-state index contributed by atoms with van der Waals surface area (Å²) in [6.45, 7) is 1.98. The van der Waals surface area contributed by atoms with Gasteiger partial charge < -0.3 is 4.18 Å². The molecule has 2 aliphatic carbocycles. The van der Waals surface area contributed by atoms with Gasteiger partial charge in [0.1, 0.15) is 5.75 Å². The van der Waals surface area contributed by atoms with Crippen molar-refractivity contribution < 1.29 is 25.2 Å². The molecular formula is C18H20N2O6S2. The summed E-state index contributed by atoms with van der Waals surface area (Å²) in [5.41, 5.74) is 1.63. The van der Waals surface area contributed by atoms with Crippen molar-refractivity contribution in [2.75, 3.05) is 0 Å². The quantitative estimate of drug-likeness (QED) is 0.769. The SMILES string of the molecule is C[C@]12C=Cc3c(ccc4cc(OS(N)(=O)=O)ccc34)[C@H]1CC[C@@H]2OS(N)(=O)=O. The molecule has 150 valence electrons. The zero-order valence-corrected chi connectivity index (χ0v) is 16.7. The van der Waals surface area contributed by atoms with E-state index in [0.717, 1.165) is 28.3 Å². The summed E-state index contributed by atoms with van der Waals surface area (Å²) >= 11 is 0. The van der Waals surface area contributed by atoms with Crippen LogP contribution in [0.25, 0.3) is 16.8 Å². The smallest absolute Gasteiger partial charge is 0.371 e. The number of fused-ring (bicyclic) bond motifs is 5. The topological polar surface area (TPSA) is 139 Å². The van der Waals surface area contributed by atoms with Gasteiger partial charge in [0.05, 0.1) is 6.10 Å². The number of nitrogens with two attached hydrogens (primary N) is 2.